The first-order valence-corrected chi connectivity index (χ1v) is 7.89. The number of aliphatic hydroxyl groups is 1. The molecule has 0 aromatic heterocycles. The van der Waals surface area contributed by atoms with Gasteiger partial charge in [-0.3, -0.25) is 0 Å². The minimum Gasteiger partial charge on any atom is -0.398 e. The van der Waals surface area contributed by atoms with Crippen molar-refractivity contribution >= 4 is 43.2 Å². The van der Waals surface area contributed by atoms with Gasteiger partial charge in [-0.2, -0.15) is 0 Å². The third kappa shape index (κ3) is 4.10. The number of nitrogens with two attached hydrogens (primary N) is 1. The topological polar surface area (TPSA) is 92.4 Å². The minimum absolute atomic E-state index is 0.0106. The first-order chi connectivity index (χ1) is 8.38. The fourth-order valence-corrected chi connectivity index (χ4v) is 3.67. The van der Waals surface area contributed by atoms with E-state index in [1.807, 2.05) is 0 Å². The lowest BCUT2D eigenvalue weighted by Crippen LogP contribution is -2.25. The van der Waals surface area contributed by atoms with Gasteiger partial charge in [0.25, 0.3) is 0 Å². The molecule has 5 nitrogen and oxygen atoms in total. The van der Waals surface area contributed by atoms with Crippen LogP contribution in [0.3, 0.4) is 0 Å². The van der Waals surface area contributed by atoms with Crippen LogP contribution in [-0.2, 0) is 10.0 Å². The molecule has 102 valence electrons. The van der Waals surface area contributed by atoms with Crippen LogP contribution in [0.15, 0.2) is 21.5 Å². The van der Waals surface area contributed by atoms with Crippen molar-refractivity contribution in [1.29, 1.82) is 0 Å². The zero-order valence-corrected chi connectivity index (χ0v) is 12.6. The molecule has 0 fully saturated rings. The van der Waals surface area contributed by atoms with Gasteiger partial charge < -0.3 is 10.8 Å². The van der Waals surface area contributed by atoms with E-state index in [9.17, 15) is 8.42 Å². The minimum atomic E-state index is -3.66. The van der Waals surface area contributed by atoms with E-state index in [1.165, 1.54) is 12.1 Å². The molecule has 0 saturated carbocycles. The van der Waals surface area contributed by atoms with Gasteiger partial charge in [0.15, 0.2) is 0 Å². The Kier molecular flexibility index (Phi) is 5.87. The molecule has 0 unspecified atom stereocenters. The van der Waals surface area contributed by atoms with E-state index in [1.54, 1.807) is 0 Å². The first kappa shape index (κ1) is 15.7. The summed E-state index contributed by atoms with van der Waals surface area (Å²) in [5.41, 5.74) is 5.90. The number of hydrogen-bond donors (Lipinski definition) is 3. The highest BCUT2D eigenvalue weighted by Crippen LogP contribution is 2.31. The number of aliphatic hydroxyl groups excluding tert-OH is 1. The van der Waals surface area contributed by atoms with E-state index in [0.717, 1.165) is 0 Å². The summed E-state index contributed by atoms with van der Waals surface area (Å²) in [4.78, 5) is 0.0106. The molecule has 8 heteroatoms. The standard InChI is InChI=1S/C10H14BrClN2O3S/c11-10-8(13)5-7(12)6-9(10)18(16,17)14-3-1-2-4-15/h5-6,14-15H,1-4,13H2. The zero-order chi connectivity index (χ0) is 13.8. The van der Waals surface area contributed by atoms with Gasteiger partial charge in [-0.1, -0.05) is 11.6 Å². The lowest BCUT2D eigenvalue weighted by molar-refractivity contribution is 0.285. The van der Waals surface area contributed by atoms with Crippen LogP contribution in [0.5, 0.6) is 0 Å². The second kappa shape index (κ2) is 6.72. The monoisotopic (exact) mass is 356 g/mol. The van der Waals surface area contributed by atoms with Crippen molar-refractivity contribution in [2.45, 2.75) is 17.7 Å². The van der Waals surface area contributed by atoms with Crippen LogP contribution in [0, 0.1) is 0 Å². The van der Waals surface area contributed by atoms with Crippen molar-refractivity contribution < 1.29 is 13.5 Å². The molecular weight excluding hydrogens is 344 g/mol. The Labute approximate surface area is 120 Å². The Bertz CT molecular complexity index is 522. The highest BCUT2D eigenvalue weighted by atomic mass is 79.9. The van der Waals surface area contributed by atoms with Gasteiger partial charge in [0, 0.05) is 23.9 Å². The van der Waals surface area contributed by atoms with Gasteiger partial charge in [-0.15, -0.1) is 0 Å². The van der Waals surface area contributed by atoms with E-state index < -0.39 is 10.0 Å². The summed E-state index contributed by atoms with van der Waals surface area (Å²) in [6.45, 7) is 0.289. The zero-order valence-electron chi connectivity index (χ0n) is 9.49. The lowest BCUT2D eigenvalue weighted by Gasteiger charge is -2.10. The smallest absolute Gasteiger partial charge is 0.241 e. The maximum absolute atomic E-state index is 12.0. The maximum atomic E-state index is 12.0. The summed E-state index contributed by atoms with van der Waals surface area (Å²) >= 11 is 8.92. The van der Waals surface area contributed by atoms with Gasteiger partial charge in [0.2, 0.25) is 10.0 Å². The molecule has 0 saturated heterocycles. The number of nitrogens with one attached hydrogen (secondary N) is 1. The summed E-state index contributed by atoms with van der Waals surface area (Å²) in [6.07, 6.45) is 1.10. The molecule has 0 amide bonds. The fraction of sp³-hybridized carbons (Fsp3) is 0.400. The first-order valence-electron chi connectivity index (χ1n) is 5.23. The van der Waals surface area contributed by atoms with Crippen molar-refractivity contribution in [1.82, 2.24) is 4.72 Å². The molecule has 0 heterocycles. The number of halogens is 2. The van der Waals surface area contributed by atoms with E-state index in [2.05, 4.69) is 20.7 Å². The summed E-state index contributed by atoms with van der Waals surface area (Å²) in [7, 11) is -3.66. The van der Waals surface area contributed by atoms with E-state index >= 15 is 0 Å². The van der Waals surface area contributed by atoms with Crippen LogP contribution in [0.1, 0.15) is 12.8 Å². The van der Waals surface area contributed by atoms with Crippen LogP contribution in [0.25, 0.3) is 0 Å². The molecule has 18 heavy (non-hydrogen) atoms. The number of hydrogen-bond acceptors (Lipinski definition) is 4. The number of anilines is 1. The van der Waals surface area contributed by atoms with Crippen molar-refractivity contribution in [3.8, 4) is 0 Å². The predicted octanol–water partition coefficient (Wildman–Crippen LogP) is 1.74. The Morgan fingerprint density at radius 3 is 2.67 bits per heavy atom. The van der Waals surface area contributed by atoms with Gasteiger partial charge >= 0.3 is 0 Å². The van der Waals surface area contributed by atoms with Crippen LogP contribution in [0.4, 0.5) is 5.69 Å². The van der Waals surface area contributed by atoms with Crippen LogP contribution >= 0.6 is 27.5 Å². The maximum Gasteiger partial charge on any atom is 0.241 e. The Hall–Kier alpha value is -0.340. The van der Waals surface area contributed by atoms with Crippen molar-refractivity contribution in [3.63, 3.8) is 0 Å². The van der Waals surface area contributed by atoms with E-state index in [-0.39, 0.29) is 28.8 Å². The van der Waals surface area contributed by atoms with Gasteiger partial charge in [-0.25, -0.2) is 13.1 Å². The molecular formula is C10H14BrClN2O3S. The highest BCUT2D eigenvalue weighted by molar-refractivity contribution is 9.10. The normalized spacial score (nSPS) is 11.7. The van der Waals surface area contributed by atoms with Crippen molar-refractivity contribution in [3.05, 3.63) is 21.6 Å². The summed E-state index contributed by atoms with van der Waals surface area (Å²) in [6, 6.07) is 2.80. The van der Waals surface area contributed by atoms with Gasteiger partial charge in [0.05, 0.1) is 9.37 Å². The Morgan fingerprint density at radius 1 is 1.39 bits per heavy atom. The van der Waals surface area contributed by atoms with Crippen molar-refractivity contribution in [2.75, 3.05) is 18.9 Å². The number of nitrogen functional groups attached to an aromatic ring is 1. The third-order valence-corrected chi connectivity index (χ3v) is 5.05. The number of benzene rings is 1. The molecule has 0 radical (unpaired) electrons. The lowest BCUT2D eigenvalue weighted by atomic mass is 10.3. The molecule has 0 atom stereocenters. The van der Waals surface area contributed by atoms with E-state index in [0.29, 0.717) is 17.3 Å². The van der Waals surface area contributed by atoms with Crippen LogP contribution < -0.4 is 10.5 Å². The molecule has 1 aromatic carbocycles. The van der Waals surface area contributed by atoms with Gasteiger partial charge in [0.1, 0.15) is 0 Å². The number of sulfonamides is 1. The summed E-state index contributed by atoms with van der Waals surface area (Å²) < 4.78 is 26.7. The molecule has 1 aromatic rings. The SMILES string of the molecule is Nc1cc(Cl)cc(S(=O)(=O)NCCCCO)c1Br. The molecule has 0 spiro atoms. The molecule has 4 N–H and O–H groups in total. The molecule has 0 aliphatic heterocycles. The third-order valence-electron chi connectivity index (χ3n) is 2.20. The second-order valence-electron chi connectivity index (χ2n) is 3.64. The fourth-order valence-electron chi connectivity index (χ4n) is 1.30. The number of rotatable bonds is 6. The molecule has 0 aliphatic carbocycles. The average Bonchev–Trinajstić information content (AvgIpc) is 2.29. The quantitative estimate of drug-likeness (QED) is 0.534. The Balaban J connectivity index is 2.91. The second-order valence-corrected chi connectivity index (χ2v) is 6.60. The van der Waals surface area contributed by atoms with Gasteiger partial charge in [-0.05, 0) is 40.9 Å². The predicted molar refractivity (Wildman–Crippen MR) is 75.1 cm³/mol. The van der Waals surface area contributed by atoms with Crippen molar-refractivity contribution in [2.24, 2.45) is 0 Å². The molecule has 0 aliphatic rings. The molecule has 0 bridgehead atoms. The largest absolute Gasteiger partial charge is 0.398 e. The van der Waals surface area contributed by atoms with Crippen LogP contribution in [-0.4, -0.2) is 26.7 Å². The average molecular weight is 358 g/mol. The highest BCUT2D eigenvalue weighted by Gasteiger charge is 2.19. The molecule has 1 rings (SSSR count). The summed E-state index contributed by atoms with van der Waals surface area (Å²) in [5.74, 6) is 0. The van der Waals surface area contributed by atoms with E-state index in [4.69, 9.17) is 22.4 Å². The summed E-state index contributed by atoms with van der Waals surface area (Å²) in [5, 5.41) is 8.87. The Morgan fingerprint density at radius 2 is 2.06 bits per heavy atom. The number of unbranched alkanes of at least 4 members (excludes halogenated alkanes) is 1. The van der Waals surface area contributed by atoms with Crippen LogP contribution in [0.2, 0.25) is 5.02 Å².